The molecule has 0 radical (unpaired) electrons. The number of rotatable bonds is 3. The predicted octanol–water partition coefficient (Wildman–Crippen LogP) is 15.5. The molecule has 1 aliphatic rings. The molecule has 0 N–H and O–H groups in total. The van der Waals surface area contributed by atoms with Gasteiger partial charge in [-0.25, -0.2) is 0 Å². The maximum atomic E-state index is 6.52. The molecule has 1 nitrogen and oxygen atoms in total. The zero-order chi connectivity index (χ0) is 37.1. The fraction of sp³-hybridized carbons (Fsp3) is 0.0545. The van der Waals surface area contributed by atoms with E-state index < -0.39 is 0 Å². The highest BCUT2D eigenvalue weighted by Gasteiger charge is 2.36. The van der Waals surface area contributed by atoms with Gasteiger partial charge in [0.2, 0.25) is 0 Å². The summed E-state index contributed by atoms with van der Waals surface area (Å²) in [6.07, 6.45) is 0. The lowest BCUT2D eigenvalue weighted by molar-refractivity contribution is 0.661. The zero-order valence-electron chi connectivity index (χ0n) is 31.2. The average Bonchev–Trinajstić information content (AvgIpc) is 3.73. The molecular formula is C55H36O. The van der Waals surface area contributed by atoms with Crippen molar-refractivity contribution in [1.29, 1.82) is 0 Å². The van der Waals surface area contributed by atoms with Crippen LogP contribution in [0, 0.1) is 0 Å². The largest absolute Gasteiger partial charge is 0.456 e. The van der Waals surface area contributed by atoms with E-state index in [2.05, 4.69) is 196 Å². The first-order valence-electron chi connectivity index (χ1n) is 19.6. The molecule has 262 valence electrons. The van der Waals surface area contributed by atoms with Gasteiger partial charge in [0.1, 0.15) is 11.2 Å². The maximum Gasteiger partial charge on any atom is 0.135 e. The quantitative estimate of drug-likeness (QED) is 0.166. The summed E-state index contributed by atoms with van der Waals surface area (Å²) in [7, 11) is 0. The van der Waals surface area contributed by atoms with Crippen molar-refractivity contribution in [1.82, 2.24) is 0 Å². The fourth-order valence-electron chi connectivity index (χ4n) is 9.99. The van der Waals surface area contributed by atoms with Crippen LogP contribution in [0.5, 0.6) is 0 Å². The van der Waals surface area contributed by atoms with Crippen LogP contribution in [-0.2, 0) is 5.41 Å². The van der Waals surface area contributed by atoms with E-state index in [4.69, 9.17) is 4.42 Å². The summed E-state index contributed by atoms with van der Waals surface area (Å²) in [5, 5.41) is 12.4. The Bertz CT molecular complexity index is 3390. The van der Waals surface area contributed by atoms with E-state index in [9.17, 15) is 0 Å². The first-order chi connectivity index (χ1) is 27.5. The Labute approximate surface area is 325 Å². The first-order valence-corrected chi connectivity index (χ1v) is 19.6. The number of hydrogen-bond acceptors (Lipinski definition) is 1. The first kappa shape index (κ1) is 31.4. The summed E-state index contributed by atoms with van der Waals surface area (Å²) >= 11 is 0. The van der Waals surface area contributed by atoms with Crippen molar-refractivity contribution in [2.75, 3.05) is 0 Å². The number of benzene rings is 10. The molecule has 0 saturated carbocycles. The topological polar surface area (TPSA) is 13.1 Å². The molecule has 56 heavy (non-hydrogen) atoms. The fourth-order valence-corrected chi connectivity index (χ4v) is 9.99. The Morgan fingerprint density at radius 1 is 0.321 bits per heavy atom. The third-order valence-electron chi connectivity index (χ3n) is 12.6. The van der Waals surface area contributed by atoms with E-state index in [1.165, 1.54) is 98.7 Å². The van der Waals surface area contributed by atoms with Gasteiger partial charge in [-0.05, 0) is 129 Å². The Hall–Kier alpha value is -6.96. The summed E-state index contributed by atoms with van der Waals surface area (Å²) in [4.78, 5) is 0. The number of fused-ring (bicyclic) bond motifs is 11. The van der Waals surface area contributed by atoms with Gasteiger partial charge in [-0.1, -0.05) is 166 Å². The van der Waals surface area contributed by atoms with Crippen LogP contribution in [0.2, 0.25) is 0 Å². The lowest BCUT2D eigenvalue weighted by Crippen LogP contribution is -2.14. The number of hydrogen-bond donors (Lipinski definition) is 0. The third kappa shape index (κ3) is 4.37. The Balaban J connectivity index is 1.05. The van der Waals surface area contributed by atoms with Crippen LogP contribution in [0.3, 0.4) is 0 Å². The number of furan rings is 1. The molecule has 1 heterocycles. The summed E-state index contributed by atoms with van der Waals surface area (Å²) in [6.45, 7) is 4.72. The van der Waals surface area contributed by atoms with E-state index in [-0.39, 0.29) is 5.41 Å². The van der Waals surface area contributed by atoms with Crippen molar-refractivity contribution in [3.05, 3.63) is 193 Å². The molecule has 1 aromatic heterocycles. The Kier molecular flexibility index (Phi) is 6.46. The van der Waals surface area contributed by atoms with Gasteiger partial charge < -0.3 is 4.42 Å². The van der Waals surface area contributed by atoms with Crippen molar-refractivity contribution in [3.8, 4) is 44.5 Å². The minimum Gasteiger partial charge on any atom is -0.456 e. The second kappa shape index (κ2) is 11.5. The van der Waals surface area contributed by atoms with Crippen molar-refractivity contribution in [2.45, 2.75) is 19.3 Å². The minimum atomic E-state index is -0.0597. The maximum absolute atomic E-state index is 6.52. The molecule has 11 aromatic rings. The lowest BCUT2D eigenvalue weighted by atomic mass is 9.82. The molecular weight excluding hydrogens is 677 g/mol. The van der Waals surface area contributed by atoms with E-state index in [0.29, 0.717) is 0 Å². The molecule has 0 saturated heterocycles. The minimum absolute atomic E-state index is 0.0597. The van der Waals surface area contributed by atoms with E-state index in [0.717, 1.165) is 21.9 Å². The van der Waals surface area contributed by atoms with Crippen molar-refractivity contribution in [3.63, 3.8) is 0 Å². The summed E-state index contributed by atoms with van der Waals surface area (Å²) in [5.74, 6) is 0. The van der Waals surface area contributed by atoms with E-state index in [1.54, 1.807) is 0 Å². The van der Waals surface area contributed by atoms with Crippen LogP contribution >= 0.6 is 0 Å². The van der Waals surface area contributed by atoms with Crippen LogP contribution in [0.1, 0.15) is 25.0 Å². The molecule has 0 atom stereocenters. The molecule has 1 aliphatic carbocycles. The average molecular weight is 713 g/mol. The highest BCUT2D eigenvalue weighted by Crippen LogP contribution is 2.52. The second-order valence-corrected chi connectivity index (χ2v) is 16.0. The van der Waals surface area contributed by atoms with Gasteiger partial charge in [-0.3, -0.25) is 0 Å². The van der Waals surface area contributed by atoms with Crippen molar-refractivity contribution >= 4 is 65.0 Å². The normalized spacial score (nSPS) is 13.3. The van der Waals surface area contributed by atoms with E-state index in [1.807, 2.05) is 0 Å². The predicted molar refractivity (Wildman–Crippen MR) is 238 cm³/mol. The molecule has 0 fully saturated rings. The lowest BCUT2D eigenvalue weighted by Gasteiger charge is -2.21. The van der Waals surface area contributed by atoms with E-state index >= 15 is 0 Å². The Morgan fingerprint density at radius 3 is 1.52 bits per heavy atom. The van der Waals surface area contributed by atoms with Crippen LogP contribution in [0.15, 0.2) is 186 Å². The summed E-state index contributed by atoms with van der Waals surface area (Å²) in [5.41, 5.74) is 14.6. The van der Waals surface area contributed by atoms with Gasteiger partial charge in [0.25, 0.3) is 0 Å². The highest BCUT2D eigenvalue weighted by atomic mass is 16.3. The molecule has 0 amide bonds. The van der Waals surface area contributed by atoms with Crippen molar-refractivity contribution in [2.24, 2.45) is 0 Å². The second-order valence-electron chi connectivity index (χ2n) is 16.0. The highest BCUT2D eigenvalue weighted by molar-refractivity contribution is 6.24. The third-order valence-corrected chi connectivity index (χ3v) is 12.6. The van der Waals surface area contributed by atoms with Gasteiger partial charge in [-0.15, -0.1) is 0 Å². The summed E-state index contributed by atoms with van der Waals surface area (Å²) < 4.78 is 6.52. The van der Waals surface area contributed by atoms with Crippen LogP contribution < -0.4 is 0 Å². The molecule has 0 spiro atoms. The van der Waals surface area contributed by atoms with Crippen LogP contribution in [-0.4, -0.2) is 0 Å². The van der Waals surface area contributed by atoms with Gasteiger partial charge in [0.05, 0.1) is 0 Å². The van der Waals surface area contributed by atoms with Gasteiger partial charge in [0, 0.05) is 16.2 Å². The zero-order valence-corrected chi connectivity index (χ0v) is 31.2. The monoisotopic (exact) mass is 712 g/mol. The van der Waals surface area contributed by atoms with Gasteiger partial charge in [-0.2, -0.15) is 0 Å². The standard InChI is InChI=1S/C55H36O/c1-55(2)48-26-23-35(31-47(48)54-39-16-6-4-13-34(39)22-27-49(54)55)36-24-28-50-45(30-36)46-32-37(25-29-51(46)56-50)52-41-17-7-9-19-43(41)53(44-20-10-8-18-42(44)52)40-21-11-14-33-12-3-5-15-38(33)40/h3-32H,1-2H3. The van der Waals surface area contributed by atoms with Crippen LogP contribution in [0.4, 0.5) is 0 Å². The van der Waals surface area contributed by atoms with Crippen molar-refractivity contribution < 1.29 is 4.42 Å². The molecule has 1 heteroatoms. The molecule has 0 unspecified atom stereocenters. The molecule has 10 aromatic carbocycles. The molecule has 0 aliphatic heterocycles. The smallest absolute Gasteiger partial charge is 0.135 e. The SMILES string of the molecule is CC1(C)c2ccc(-c3ccc4oc5ccc(-c6c7ccccc7c(-c7cccc8ccccc78)c7ccccc67)cc5c4c3)cc2-c2c1ccc1ccccc21. The van der Waals surface area contributed by atoms with Gasteiger partial charge in [0.15, 0.2) is 0 Å². The van der Waals surface area contributed by atoms with Crippen LogP contribution in [0.25, 0.3) is 110 Å². The molecule has 12 rings (SSSR count). The molecule has 0 bridgehead atoms. The Morgan fingerprint density at radius 2 is 0.821 bits per heavy atom. The van der Waals surface area contributed by atoms with Gasteiger partial charge >= 0.3 is 0 Å². The summed E-state index contributed by atoms with van der Waals surface area (Å²) in [6, 6.07) is 67.2.